The Bertz CT molecular complexity index is 1560. The van der Waals surface area contributed by atoms with E-state index in [1.54, 1.807) is 7.11 Å². The van der Waals surface area contributed by atoms with E-state index < -0.39 is 0 Å². The van der Waals surface area contributed by atoms with Crippen LogP contribution in [0.3, 0.4) is 0 Å². The van der Waals surface area contributed by atoms with E-state index in [0.29, 0.717) is 0 Å². The maximum atomic E-state index is 5.49. The molecule has 1 saturated carbocycles. The molecule has 0 amide bonds. The monoisotopic (exact) mass is 561 g/mol. The third kappa shape index (κ3) is 6.44. The second kappa shape index (κ2) is 13.4. The van der Waals surface area contributed by atoms with E-state index in [1.165, 1.54) is 54.3 Å². The number of rotatable bonds is 12. The van der Waals surface area contributed by atoms with E-state index in [-0.39, 0.29) is 0 Å². The Balaban J connectivity index is 1.42. The fourth-order valence-electron chi connectivity index (χ4n) is 6.47. The molecule has 218 valence electrons. The molecule has 1 fully saturated rings. The first-order chi connectivity index (χ1) is 20.7. The number of nitrogens with zero attached hydrogens (tertiary/aromatic N) is 4. The summed E-state index contributed by atoms with van der Waals surface area (Å²) in [5.74, 6) is 2.66. The molecule has 0 spiro atoms. The van der Waals surface area contributed by atoms with Gasteiger partial charge in [-0.25, -0.2) is 4.98 Å². The molecule has 0 aliphatic heterocycles. The SMILES string of the molecule is CCCCn1c(-c2ccccc2)nc(-c2ccc(OC)cc2)c1CN(Cc1ccc2[nH]ncc2c1)CC1CCCCC1. The summed E-state index contributed by atoms with van der Waals surface area (Å²) in [6.45, 7) is 6.08. The summed E-state index contributed by atoms with van der Waals surface area (Å²) in [5, 5.41) is 8.52. The number of fused-ring (bicyclic) bond motifs is 1. The number of imidazole rings is 1. The predicted molar refractivity (Wildman–Crippen MR) is 171 cm³/mol. The minimum atomic E-state index is 0.737. The summed E-state index contributed by atoms with van der Waals surface area (Å²) in [6.07, 6.45) is 10.9. The van der Waals surface area contributed by atoms with Crippen LogP contribution in [-0.2, 0) is 19.6 Å². The molecule has 1 aliphatic carbocycles. The topological polar surface area (TPSA) is 59.0 Å². The highest BCUT2D eigenvalue weighted by molar-refractivity contribution is 5.78. The standard InChI is InChI=1S/C36H43N5O/c1-3-4-21-41-34(35(29-16-18-32(42-2)19-17-29)38-36(41)30-13-9-6-10-14-30)26-40(24-27-11-7-5-8-12-27)25-28-15-20-33-31(22-28)23-37-39-33/h6,9-10,13-20,22-23,27H,3-5,7-8,11-12,21,24-26H2,1-2H3,(H,37,39). The molecule has 0 bridgehead atoms. The van der Waals surface area contributed by atoms with Crippen LogP contribution in [0, 0.1) is 5.92 Å². The van der Waals surface area contributed by atoms with Crippen LogP contribution in [0.2, 0.25) is 0 Å². The van der Waals surface area contributed by atoms with Crippen molar-refractivity contribution in [3.05, 3.63) is 90.3 Å². The van der Waals surface area contributed by atoms with Gasteiger partial charge in [0.1, 0.15) is 11.6 Å². The van der Waals surface area contributed by atoms with Gasteiger partial charge >= 0.3 is 0 Å². The van der Waals surface area contributed by atoms with E-state index in [1.807, 2.05) is 18.3 Å². The maximum Gasteiger partial charge on any atom is 0.140 e. The quantitative estimate of drug-likeness (QED) is 0.166. The number of aromatic amines is 1. The Morgan fingerprint density at radius 3 is 2.50 bits per heavy atom. The van der Waals surface area contributed by atoms with Crippen LogP contribution in [0.25, 0.3) is 33.5 Å². The van der Waals surface area contributed by atoms with Crippen molar-refractivity contribution in [2.75, 3.05) is 13.7 Å². The van der Waals surface area contributed by atoms with Gasteiger partial charge in [0.25, 0.3) is 0 Å². The fraction of sp³-hybridized carbons (Fsp3) is 0.389. The van der Waals surface area contributed by atoms with Gasteiger partial charge in [0.2, 0.25) is 0 Å². The van der Waals surface area contributed by atoms with Crippen molar-refractivity contribution in [1.29, 1.82) is 0 Å². The summed E-state index contributed by atoms with van der Waals surface area (Å²) in [4.78, 5) is 8.06. The first-order valence-corrected chi connectivity index (χ1v) is 15.7. The van der Waals surface area contributed by atoms with Crippen molar-refractivity contribution < 1.29 is 4.74 Å². The van der Waals surface area contributed by atoms with Crippen LogP contribution < -0.4 is 4.74 Å². The number of hydrogen-bond donors (Lipinski definition) is 1. The van der Waals surface area contributed by atoms with Gasteiger partial charge in [-0.3, -0.25) is 10.00 Å². The number of hydrogen-bond acceptors (Lipinski definition) is 4. The van der Waals surface area contributed by atoms with Crippen molar-refractivity contribution in [2.24, 2.45) is 5.92 Å². The minimum absolute atomic E-state index is 0.737. The Hall–Kier alpha value is -3.90. The number of methoxy groups -OCH3 is 1. The molecule has 0 atom stereocenters. The molecule has 0 saturated heterocycles. The van der Waals surface area contributed by atoms with Crippen LogP contribution in [-0.4, -0.2) is 38.3 Å². The van der Waals surface area contributed by atoms with Crippen molar-refractivity contribution in [2.45, 2.75) is 71.5 Å². The van der Waals surface area contributed by atoms with Crippen LogP contribution in [0.5, 0.6) is 5.75 Å². The van der Waals surface area contributed by atoms with Crippen LogP contribution >= 0.6 is 0 Å². The molecule has 6 nitrogen and oxygen atoms in total. The molecular formula is C36H43N5O. The molecule has 0 unspecified atom stereocenters. The predicted octanol–water partition coefficient (Wildman–Crippen LogP) is 8.48. The molecule has 6 rings (SSSR count). The molecule has 42 heavy (non-hydrogen) atoms. The van der Waals surface area contributed by atoms with E-state index >= 15 is 0 Å². The molecule has 2 aromatic heterocycles. The summed E-state index contributed by atoms with van der Waals surface area (Å²) >= 11 is 0. The number of aromatic nitrogens is 4. The highest BCUT2D eigenvalue weighted by Crippen LogP contribution is 2.33. The van der Waals surface area contributed by atoms with Gasteiger partial charge in [-0.05, 0) is 67.1 Å². The zero-order valence-corrected chi connectivity index (χ0v) is 25.1. The molecule has 2 heterocycles. The lowest BCUT2D eigenvalue weighted by Gasteiger charge is -2.30. The number of H-pyrrole nitrogens is 1. The van der Waals surface area contributed by atoms with Crippen LogP contribution in [0.15, 0.2) is 79.0 Å². The lowest BCUT2D eigenvalue weighted by Crippen LogP contribution is -2.31. The van der Waals surface area contributed by atoms with Gasteiger partial charge in [0.05, 0.1) is 30.2 Å². The van der Waals surface area contributed by atoms with Gasteiger partial charge in [0.15, 0.2) is 0 Å². The van der Waals surface area contributed by atoms with Gasteiger partial charge in [-0.15, -0.1) is 0 Å². The zero-order chi connectivity index (χ0) is 28.7. The first-order valence-electron chi connectivity index (χ1n) is 15.7. The zero-order valence-electron chi connectivity index (χ0n) is 25.1. The van der Waals surface area contributed by atoms with Gasteiger partial charge in [0, 0.05) is 42.7 Å². The third-order valence-electron chi connectivity index (χ3n) is 8.73. The average molecular weight is 562 g/mol. The normalized spacial score (nSPS) is 14.2. The van der Waals surface area contributed by atoms with Crippen molar-refractivity contribution in [1.82, 2.24) is 24.6 Å². The van der Waals surface area contributed by atoms with Crippen LogP contribution in [0.1, 0.15) is 63.1 Å². The molecule has 1 aliphatic rings. The number of ether oxygens (including phenoxy) is 1. The second-order valence-corrected chi connectivity index (χ2v) is 11.8. The van der Waals surface area contributed by atoms with Gasteiger partial charge < -0.3 is 9.30 Å². The molecule has 5 aromatic rings. The molecule has 0 radical (unpaired) electrons. The first kappa shape index (κ1) is 28.2. The van der Waals surface area contributed by atoms with E-state index in [9.17, 15) is 0 Å². The van der Waals surface area contributed by atoms with Crippen molar-refractivity contribution >= 4 is 10.9 Å². The largest absolute Gasteiger partial charge is 0.497 e. The molecule has 3 aromatic carbocycles. The molecule has 1 N–H and O–H groups in total. The maximum absolute atomic E-state index is 5.49. The highest BCUT2D eigenvalue weighted by atomic mass is 16.5. The van der Waals surface area contributed by atoms with E-state index in [0.717, 1.165) is 73.3 Å². The van der Waals surface area contributed by atoms with Crippen LogP contribution in [0.4, 0.5) is 0 Å². The summed E-state index contributed by atoms with van der Waals surface area (Å²) in [6, 6.07) is 25.8. The molecular weight excluding hydrogens is 518 g/mol. The second-order valence-electron chi connectivity index (χ2n) is 11.8. The van der Waals surface area contributed by atoms with Crippen molar-refractivity contribution in [3.63, 3.8) is 0 Å². The van der Waals surface area contributed by atoms with Crippen molar-refractivity contribution in [3.8, 4) is 28.4 Å². The summed E-state index contributed by atoms with van der Waals surface area (Å²) in [5.41, 5.74) is 7.09. The lowest BCUT2D eigenvalue weighted by molar-refractivity contribution is 0.183. The number of benzene rings is 3. The smallest absolute Gasteiger partial charge is 0.140 e. The Morgan fingerprint density at radius 2 is 1.74 bits per heavy atom. The van der Waals surface area contributed by atoms with E-state index in [4.69, 9.17) is 9.72 Å². The summed E-state index contributed by atoms with van der Waals surface area (Å²) in [7, 11) is 1.72. The van der Waals surface area contributed by atoms with Gasteiger partial charge in [-0.1, -0.05) is 69.0 Å². The minimum Gasteiger partial charge on any atom is -0.497 e. The Morgan fingerprint density at radius 1 is 0.929 bits per heavy atom. The average Bonchev–Trinajstić information content (AvgIpc) is 3.65. The van der Waals surface area contributed by atoms with E-state index in [2.05, 4.69) is 87.3 Å². The Labute approximate surface area is 249 Å². The Kier molecular flexibility index (Phi) is 9.00. The fourth-order valence-corrected chi connectivity index (χ4v) is 6.47. The van der Waals surface area contributed by atoms with Gasteiger partial charge in [-0.2, -0.15) is 5.10 Å². The number of nitrogens with one attached hydrogen (secondary N) is 1. The lowest BCUT2D eigenvalue weighted by atomic mass is 9.88. The number of unbranched alkanes of at least 4 members (excludes halogenated alkanes) is 1. The molecule has 6 heteroatoms. The highest BCUT2D eigenvalue weighted by Gasteiger charge is 2.24. The third-order valence-corrected chi connectivity index (χ3v) is 8.73. The summed E-state index contributed by atoms with van der Waals surface area (Å²) < 4.78 is 7.99.